The first-order chi connectivity index (χ1) is 8.10. The van der Waals surface area contributed by atoms with Gasteiger partial charge in [0.1, 0.15) is 0 Å². The predicted molar refractivity (Wildman–Crippen MR) is 73.2 cm³/mol. The van der Waals surface area contributed by atoms with Gasteiger partial charge in [0.15, 0.2) is 0 Å². The first-order valence-electron chi connectivity index (χ1n) is 6.23. The summed E-state index contributed by atoms with van der Waals surface area (Å²) in [6.07, 6.45) is 1.64. The molecule has 3 atom stereocenters. The Labute approximate surface area is 111 Å². The summed E-state index contributed by atoms with van der Waals surface area (Å²) in [6, 6.07) is 8.85. The van der Waals surface area contributed by atoms with Gasteiger partial charge in [-0.3, -0.25) is 0 Å². The number of fused-ring (bicyclic) bond motifs is 1. The Hall–Kier alpha value is -0.540. The summed E-state index contributed by atoms with van der Waals surface area (Å²) in [5.74, 6) is 0.678. The fraction of sp³-hybridized carbons (Fsp3) is 0.571. The maximum absolute atomic E-state index is 5.81. The molecule has 92 valence electrons. The summed E-state index contributed by atoms with van der Waals surface area (Å²) in [7, 11) is 0. The van der Waals surface area contributed by atoms with Crippen LogP contribution in [0.3, 0.4) is 0 Å². The molecule has 1 aliphatic carbocycles. The zero-order chi connectivity index (χ0) is 12.0. The van der Waals surface area contributed by atoms with E-state index in [0.717, 1.165) is 11.1 Å². The van der Waals surface area contributed by atoms with Crippen molar-refractivity contribution in [1.29, 1.82) is 0 Å². The minimum absolute atomic E-state index is 0.233. The Morgan fingerprint density at radius 2 is 2.12 bits per heavy atom. The second-order valence-corrected chi connectivity index (χ2v) is 6.52. The zero-order valence-electron chi connectivity index (χ0n) is 10.2. The molecule has 1 saturated carbocycles. The molecule has 17 heavy (non-hydrogen) atoms. The van der Waals surface area contributed by atoms with Crippen LogP contribution >= 0.6 is 15.9 Å². The molecule has 1 aromatic rings. The van der Waals surface area contributed by atoms with Crippen molar-refractivity contribution in [3.63, 3.8) is 0 Å². The average molecular weight is 296 g/mol. The maximum atomic E-state index is 5.81. The molecular formula is C14H18BrNO. The second-order valence-electron chi connectivity index (χ2n) is 5.67. The standard InChI is InChI=1S/C14H18BrNO/c1-14(2)12(9-7-8-17-13(9)14)16-11-6-4-3-5-10(11)15/h3-6,9,12-13,16H,7-8H2,1-2H3. The van der Waals surface area contributed by atoms with Gasteiger partial charge in [-0.15, -0.1) is 0 Å². The fourth-order valence-electron chi connectivity index (χ4n) is 3.36. The molecule has 1 aliphatic heterocycles. The van der Waals surface area contributed by atoms with Crippen molar-refractivity contribution in [2.75, 3.05) is 11.9 Å². The zero-order valence-corrected chi connectivity index (χ0v) is 11.8. The molecule has 0 bridgehead atoms. The lowest BCUT2D eigenvalue weighted by molar-refractivity contribution is -0.0923. The van der Waals surface area contributed by atoms with Crippen molar-refractivity contribution in [2.24, 2.45) is 11.3 Å². The van der Waals surface area contributed by atoms with Gasteiger partial charge >= 0.3 is 0 Å². The second kappa shape index (κ2) is 3.99. The van der Waals surface area contributed by atoms with E-state index < -0.39 is 0 Å². The highest BCUT2D eigenvalue weighted by atomic mass is 79.9. The molecule has 2 aliphatic rings. The Kier molecular flexibility index (Phi) is 2.71. The largest absolute Gasteiger partial charge is 0.380 e. The van der Waals surface area contributed by atoms with Crippen LogP contribution in [-0.2, 0) is 4.74 Å². The van der Waals surface area contributed by atoms with Gasteiger partial charge in [-0.1, -0.05) is 26.0 Å². The van der Waals surface area contributed by atoms with Gasteiger partial charge in [-0.05, 0) is 34.5 Å². The summed E-state index contributed by atoms with van der Waals surface area (Å²) in [6.45, 7) is 5.52. The van der Waals surface area contributed by atoms with E-state index in [1.807, 2.05) is 6.07 Å². The van der Waals surface area contributed by atoms with E-state index in [1.165, 1.54) is 12.1 Å². The number of anilines is 1. The Morgan fingerprint density at radius 1 is 1.35 bits per heavy atom. The van der Waals surface area contributed by atoms with Crippen molar-refractivity contribution in [3.8, 4) is 0 Å². The van der Waals surface area contributed by atoms with Crippen LogP contribution < -0.4 is 5.32 Å². The van der Waals surface area contributed by atoms with Crippen LogP contribution in [0.25, 0.3) is 0 Å². The van der Waals surface area contributed by atoms with Crippen LogP contribution in [0.2, 0.25) is 0 Å². The smallest absolute Gasteiger partial charge is 0.0694 e. The van der Waals surface area contributed by atoms with E-state index in [9.17, 15) is 0 Å². The molecule has 0 aromatic heterocycles. The molecule has 1 aromatic carbocycles. The van der Waals surface area contributed by atoms with Gasteiger partial charge in [-0.2, -0.15) is 0 Å². The SMILES string of the molecule is CC1(C)C(Nc2ccccc2Br)C2CCOC21. The van der Waals surface area contributed by atoms with Crippen LogP contribution in [0.15, 0.2) is 28.7 Å². The number of halogens is 1. The molecular weight excluding hydrogens is 278 g/mol. The lowest BCUT2D eigenvalue weighted by Gasteiger charge is -2.55. The third-order valence-corrected chi connectivity index (χ3v) is 4.98. The minimum atomic E-state index is 0.233. The average Bonchev–Trinajstić information content (AvgIpc) is 2.74. The summed E-state index contributed by atoms with van der Waals surface area (Å²) in [5, 5.41) is 3.68. The maximum Gasteiger partial charge on any atom is 0.0694 e. The topological polar surface area (TPSA) is 21.3 Å². The summed E-state index contributed by atoms with van der Waals surface area (Å²) in [5.41, 5.74) is 1.42. The van der Waals surface area contributed by atoms with E-state index >= 15 is 0 Å². The van der Waals surface area contributed by atoms with Gasteiger partial charge in [-0.25, -0.2) is 0 Å². The predicted octanol–water partition coefficient (Wildman–Crippen LogP) is 3.67. The van der Waals surface area contributed by atoms with Crippen molar-refractivity contribution < 1.29 is 4.74 Å². The van der Waals surface area contributed by atoms with Crippen molar-refractivity contribution in [1.82, 2.24) is 0 Å². The third-order valence-electron chi connectivity index (χ3n) is 4.29. The Bertz CT molecular complexity index is 432. The molecule has 3 rings (SSSR count). The number of ether oxygens (including phenoxy) is 1. The molecule has 0 spiro atoms. The summed E-state index contributed by atoms with van der Waals surface area (Å²) in [4.78, 5) is 0. The molecule has 1 saturated heterocycles. The highest BCUT2D eigenvalue weighted by molar-refractivity contribution is 9.10. The van der Waals surface area contributed by atoms with Crippen LogP contribution in [0.4, 0.5) is 5.69 Å². The van der Waals surface area contributed by atoms with Crippen molar-refractivity contribution in [3.05, 3.63) is 28.7 Å². The lowest BCUT2D eigenvalue weighted by atomic mass is 9.57. The molecule has 2 nitrogen and oxygen atoms in total. The van der Waals surface area contributed by atoms with E-state index in [1.54, 1.807) is 0 Å². The third kappa shape index (κ3) is 1.71. The molecule has 3 unspecified atom stereocenters. The molecule has 0 radical (unpaired) electrons. The highest BCUT2D eigenvalue weighted by Crippen LogP contribution is 2.53. The van der Waals surface area contributed by atoms with E-state index in [-0.39, 0.29) is 5.41 Å². The number of para-hydroxylation sites is 1. The van der Waals surface area contributed by atoms with Gasteiger partial charge in [0.2, 0.25) is 0 Å². The minimum Gasteiger partial charge on any atom is -0.380 e. The van der Waals surface area contributed by atoms with Crippen molar-refractivity contribution in [2.45, 2.75) is 32.4 Å². The van der Waals surface area contributed by atoms with Gasteiger partial charge in [0.25, 0.3) is 0 Å². The number of hydrogen-bond donors (Lipinski definition) is 1. The lowest BCUT2D eigenvalue weighted by Crippen LogP contribution is -2.63. The monoisotopic (exact) mass is 295 g/mol. The number of benzene rings is 1. The van der Waals surface area contributed by atoms with E-state index in [4.69, 9.17) is 4.74 Å². The van der Waals surface area contributed by atoms with Crippen molar-refractivity contribution >= 4 is 21.6 Å². The normalized spacial score (nSPS) is 33.9. The summed E-state index contributed by atoms with van der Waals surface area (Å²) < 4.78 is 6.95. The van der Waals surface area contributed by atoms with Gasteiger partial charge in [0.05, 0.1) is 6.10 Å². The Balaban J connectivity index is 1.80. The molecule has 3 heteroatoms. The van der Waals surface area contributed by atoms with E-state index in [0.29, 0.717) is 18.1 Å². The van der Waals surface area contributed by atoms with Gasteiger partial charge < -0.3 is 10.1 Å². The molecule has 0 amide bonds. The van der Waals surface area contributed by atoms with Crippen LogP contribution in [0, 0.1) is 11.3 Å². The van der Waals surface area contributed by atoms with E-state index in [2.05, 4.69) is 53.3 Å². The first-order valence-corrected chi connectivity index (χ1v) is 7.02. The van der Waals surface area contributed by atoms with Crippen LogP contribution in [0.1, 0.15) is 20.3 Å². The van der Waals surface area contributed by atoms with Crippen LogP contribution in [-0.4, -0.2) is 18.8 Å². The summed E-state index contributed by atoms with van der Waals surface area (Å²) >= 11 is 3.59. The fourth-order valence-corrected chi connectivity index (χ4v) is 3.76. The molecule has 2 fully saturated rings. The first kappa shape index (κ1) is 11.5. The number of rotatable bonds is 2. The van der Waals surface area contributed by atoms with Gasteiger partial charge in [0, 0.05) is 34.1 Å². The molecule has 1 heterocycles. The number of hydrogen-bond acceptors (Lipinski definition) is 2. The van der Waals surface area contributed by atoms with Crippen LogP contribution in [0.5, 0.6) is 0 Å². The number of nitrogens with one attached hydrogen (secondary N) is 1. The molecule has 1 N–H and O–H groups in total. The highest BCUT2D eigenvalue weighted by Gasteiger charge is 2.59. The quantitative estimate of drug-likeness (QED) is 0.899. The Morgan fingerprint density at radius 3 is 2.88 bits per heavy atom.